The highest BCUT2D eigenvalue weighted by molar-refractivity contribution is 7.97. The Hall–Kier alpha value is -2.24. The van der Waals surface area contributed by atoms with Gasteiger partial charge in [-0.1, -0.05) is 24.6 Å². The van der Waals surface area contributed by atoms with Crippen LogP contribution in [-0.4, -0.2) is 27.9 Å². The second-order valence-corrected chi connectivity index (χ2v) is 8.68. The van der Waals surface area contributed by atoms with Gasteiger partial charge in [-0.15, -0.1) is 0 Å². The fourth-order valence-corrected chi connectivity index (χ4v) is 4.77. The summed E-state index contributed by atoms with van der Waals surface area (Å²) in [6, 6.07) is 16.2. The predicted octanol–water partition coefficient (Wildman–Crippen LogP) is 5.64. The van der Waals surface area contributed by atoms with E-state index in [0.29, 0.717) is 0 Å². The van der Waals surface area contributed by atoms with Gasteiger partial charge < -0.3 is 9.88 Å². The number of carbonyl (C=O) groups excluding carboxylic acids is 1. The lowest BCUT2D eigenvalue weighted by Crippen LogP contribution is -2.23. The molecule has 3 aromatic rings. The van der Waals surface area contributed by atoms with E-state index in [-0.39, 0.29) is 11.9 Å². The minimum absolute atomic E-state index is 0.00133. The van der Waals surface area contributed by atoms with Crippen LogP contribution in [0.25, 0.3) is 10.9 Å². The van der Waals surface area contributed by atoms with Crippen molar-refractivity contribution in [3.8, 4) is 0 Å². The standard InChI is InChI=1S/C23H27N3OS/c1-17-8-4-5-9-21(17)24-23(27)18(2)26-15-12-19-16-20(10-11-22(19)26)28-25-13-6-3-7-14-25/h4-5,8-12,15-16,18H,3,6-7,13-14H2,1-2H3,(H,24,27). The number of amides is 1. The molecule has 1 fully saturated rings. The van der Waals surface area contributed by atoms with Crippen LogP contribution in [0.4, 0.5) is 5.69 Å². The number of fused-ring (bicyclic) bond motifs is 1. The van der Waals surface area contributed by atoms with Crippen LogP contribution < -0.4 is 5.32 Å². The highest BCUT2D eigenvalue weighted by atomic mass is 32.2. The number of rotatable bonds is 5. The largest absolute Gasteiger partial charge is 0.335 e. The molecule has 0 radical (unpaired) electrons. The summed E-state index contributed by atoms with van der Waals surface area (Å²) in [6.45, 7) is 6.29. The summed E-state index contributed by atoms with van der Waals surface area (Å²) in [5, 5.41) is 4.24. The van der Waals surface area contributed by atoms with Crippen LogP contribution in [0.2, 0.25) is 0 Å². The molecule has 0 spiro atoms. The number of carbonyl (C=O) groups is 1. The summed E-state index contributed by atoms with van der Waals surface area (Å²) in [7, 11) is 0. The Bertz CT molecular complexity index is 975. The molecule has 2 heterocycles. The van der Waals surface area contributed by atoms with E-state index in [1.807, 2.05) is 56.3 Å². The van der Waals surface area contributed by atoms with Crippen molar-refractivity contribution in [3.05, 3.63) is 60.3 Å². The van der Waals surface area contributed by atoms with Gasteiger partial charge in [-0.2, -0.15) is 0 Å². The fraction of sp³-hybridized carbons (Fsp3) is 0.348. The molecule has 1 unspecified atom stereocenters. The van der Waals surface area contributed by atoms with Crippen molar-refractivity contribution >= 4 is 34.4 Å². The average molecular weight is 394 g/mol. The van der Waals surface area contributed by atoms with Gasteiger partial charge in [0.25, 0.3) is 0 Å². The van der Waals surface area contributed by atoms with Crippen LogP contribution >= 0.6 is 11.9 Å². The summed E-state index contributed by atoms with van der Waals surface area (Å²) < 4.78 is 4.51. The number of nitrogens with zero attached hydrogens (tertiary/aromatic N) is 2. The molecule has 4 nitrogen and oxygen atoms in total. The van der Waals surface area contributed by atoms with Gasteiger partial charge in [-0.3, -0.25) is 4.79 Å². The van der Waals surface area contributed by atoms with Gasteiger partial charge in [-0.05, 0) is 74.5 Å². The highest BCUT2D eigenvalue weighted by Gasteiger charge is 2.18. The predicted molar refractivity (Wildman–Crippen MR) is 118 cm³/mol. The zero-order valence-corrected chi connectivity index (χ0v) is 17.3. The molecule has 0 saturated carbocycles. The first kappa shape index (κ1) is 19.1. The molecule has 1 amide bonds. The van der Waals surface area contributed by atoms with Gasteiger partial charge in [-0.25, -0.2) is 4.31 Å². The van der Waals surface area contributed by atoms with Crippen LogP contribution in [0.5, 0.6) is 0 Å². The Morgan fingerprint density at radius 2 is 1.86 bits per heavy atom. The molecule has 0 bridgehead atoms. The van der Waals surface area contributed by atoms with E-state index in [9.17, 15) is 4.79 Å². The number of aromatic nitrogens is 1. The number of para-hydroxylation sites is 1. The Morgan fingerprint density at radius 3 is 2.64 bits per heavy atom. The normalized spacial score (nSPS) is 16.2. The van der Waals surface area contributed by atoms with Gasteiger partial charge in [0.2, 0.25) is 5.91 Å². The number of piperidine rings is 1. The lowest BCUT2D eigenvalue weighted by molar-refractivity contribution is -0.118. The van der Waals surface area contributed by atoms with Gasteiger partial charge in [0.15, 0.2) is 0 Å². The molecule has 1 aliphatic heterocycles. The molecule has 5 heteroatoms. The van der Waals surface area contributed by atoms with Crippen LogP contribution in [-0.2, 0) is 4.79 Å². The van der Waals surface area contributed by atoms with E-state index in [2.05, 4.69) is 38.5 Å². The number of nitrogens with one attached hydrogen (secondary N) is 1. The SMILES string of the molecule is Cc1ccccc1NC(=O)C(C)n1ccc2cc(SN3CCCCC3)ccc21. The molecule has 0 aliphatic carbocycles. The number of hydrogen-bond donors (Lipinski definition) is 1. The van der Waals surface area contributed by atoms with Crippen molar-refractivity contribution in [1.82, 2.24) is 8.87 Å². The third-order valence-corrected chi connectivity index (χ3v) is 6.53. The van der Waals surface area contributed by atoms with E-state index in [1.165, 1.54) is 42.6 Å². The quantitative estimate of drug-likeness (QED) is 0.570. The first-order chi connectivity index (χ1) is 13.6. The van der Waals surface area contributed by atoms with Crippen molar-refractivity contribution < 1.29 is 4.79 Å². The maximum atomic E-state index is 12.8. The Labute approximate surface area is 171 Å². The van der Waals surface area contributed by atoms with E-state index < -0.39 is 0 Å². The molecule has 2 aromatic carbocycles. The summed E-state index contributed by atoms with van der Waals surface area (Å²) in [6.07, 6.45) is 5.95. The molecular weight excluding hydrogens is 366 g/mol. The van der Waals surface area contributed by atoms with Gasteiger partial charge in [0.05, 0.1) is 0 Å². The van der Waals surface area contributed by atoms with Crippen LogP contribution in [0.1, 0.15) is 37.8 Å². The topological polar surface area (TPSA) is 37.3 Å². The Kier molecular flexibility index (Phi) is 5.74. The number of aryl methyl sites for hydroxylation is 1. The highest BCUT2D eigenvalue weighted by Crippen LogP contribution is 2.30. The van der Waals surface area contributed by atoms with Crippen molar-refractivity contribution in [2.45, 2.75) is 44.0 Å². The molecule has 28 heavy (non-hydrogen) atoms. The second kappa shape index (κ2) is 8.41. The fourth-order valence-electron chi connectivity index (χ4n) is 3.72. The smallest absolute Gasteiger partial charge is 0.247 e. The Balaban J connectivity index is 1.50. The van der Waals surface area contributed by atoms with Crippen LogP contribution in [0.3, 0.4) is 0 Å². The minimum atomic E-state index is -0.280. The van der Waals surface area contributed by atoms with Crippen LogP contribution in [0, 0.1) is 6.92 Å². The lowest BCUT2D eigenvalue weighted by Gasteiger charge is -2.25. The Morgan fingerprint density at radius 1 is 1.07 bits per heavy atom. The monoisotopic (exact) mass is 393 g/mol. The maximum Gasteiger partial charge on any atom is 0.247 e. The van der Waals surface area contributed by atoms with E-state index >= 15 is 0 Å². The van der Waals surface area contributed by atoms with Gasteiger partial charge >= 0.3 is 0 Å². The number of hydrogen-bond acceptors (Lipinski definition) is 3. The second-order valence-electron chi connectivity index (χ2n) is 7.50. The summed E-state index contributed by atoms with van der Waals surface area (Å²) in [5.41, 5.74) is 3.03. The van der Waals surface area contributed by atoms with E-state index in [0.717, 1.165) is 16.8 Å². The summed E-state index contributed by atoms with van der Waals surface area (Å²) >= 11 is 1.85. The first-order valence-electron chi connectivity index (χ1n) is 10.0. The first-order valence-corrected chi connectivity index (χ1v) is 10.8. The average Bonchev–Trinajstić information content (AvgIpc) is 3.13. The molecule has 1 aromatic heterocycles. The molecule has 1 atom stereocenters. The lowest BCUT2D eigenvalue weighted by atomic mass is 10.2. The number of benzene rings is 2. The molecule has 1 N–H and O–H groups in total. The van der Waals surface area contributed by atoms with Gasteiger partial charge in [0.1, 0.15) is 6.04 Å². The zero-order valence-electron chi connectivity index (χ0n) is 16.5. The van der Waals surface area contributed by atoms with Gasteiger partial charge in [0, 0.05) is 40.8 Å². The number of anilines is 1. The summed E-state index contributed by atoms with van der Waals surface area (Å²) in [4.78, 5) is 14.1. The van der Waals surface area contributed by atoms with Crippen LogP contribution in [0.15, 0.2) is 59.6 Å². The molecular formula is C23H27N3OS. The third-order valence-electron chi connectivity index (χ3n) is 5.44. The zero-order chi connectivity index (χ0) is 19.5. The van der Waals surface area contributed by atoms with Crippen molar-refractivity contribution in [2.75, 3.05) is 18.4 Å². The molecule has 1 saturated heterocycles. The van der Waals surface area contributed by atoms with E-state index in [1.54, 1.807) is 0 Å². The molecule has 1 aliphatic rings. The summed E-state index contributed by atoms with van der Waals surface area (Å²) in [5.74, 6) is -0.00133. The molecule has 4 rings (SSSR count). The minimum Gasteiger partial charge on any atom is -0.335 e. The maximum absolute atomic E-state index is 12.8. The van der Waals surface area contributed by atoms with Crippen molar-refractivity contribution in [1.29, 1.82) is 0 Å². The third kappa shape index (κ3) is 4.10. The van der Waals surface area contributed by atoms with E-state index in [4.69, 9.17) is 0 Å². The molecule has 146 valence electrons. The van der Waals surface area contributed by atoms with Crippen molar-refractivity contribution in [2.24, 2.45) is 0 Å². The van der Waals surface area contributed by atoms with Crippen molar-refractivity contribution in [3.63, 3.8) is 0 Å².